The van der Waals surface area contributed by atoms with E-state index in [2.05, 4.69) is 5.32 Å². The molecular weight excluding hydrogens is 270 g/mol. The number of hydrogen-bond acceptors (Lipinski definition) is 4. The lowest BCUT2D eigenvalue weighted by atomic mass is 10.1. The molecule has 0 unspecified atom stereocenters. The second-order valence-corrected chi connectivity index (χ2v) is 4.77. The van der Waals surface area contributed by atoms with Gasteiger partial charge in [-0.1, -0.05) is 11.6 Å². The van der Waals surface area contributed by atoms with E-state index in [1.54, 1.807) is 0 Å². The Kier molecular flexibility index (Phi) is 5.72. The fourth-order valence-corrected chi connectivity index (χ4v) is 1.71. The molecule has 0 saturated carbocycles. The highest BCUT2D eigenvalue weighted by atomic mass is 35.5. The zero-order valence-corrected chi connectivity index (χ0v) is 11.6. The average Bonchev–Trinajstić information content (AvgIpc) is 2.33. The first-order valence-corrected chi connectivity index (χ1v) is 6.16. The fourth-order valence-electron chi connectivity index (χ4n) is 1.54. The van der Waals surface area contributed by atoms with E-state index in [9.17, 15) is 14.9 Å². The van der Waals surface area contributed by atoms with Crippen molar-refractivity contribution >= 4 is 23.2 Å². The van der Waals surface area contributed by atoms with Crippen molar-refractivity contribution in [3.05, 3.63) is 38.9 Å². The van der Waals surface area contributed by atoms with E-state index < -0.39 is 10.8 Å². The average molecular weight is 286 g/mol. The van der Waals surface area contributed by atoms with Crippen molar-refractivity contribution in [3.8, 4) is 0 Å². The van der Waals surface area contributed by atoms with Gasteiger partial charge in [0.05, 0.1) is 4.92 Å². The summed E-state index contributed by atoms with van der Waals surface area (Å²) in [6.07, 6.45) is 0.778. The van der Waals surface area contributed by atoms with Crippen LogP contribution >= 0.6 is 11.6 Å². The molecule has 104 valence electrons. The summed E-state index contributed by atoms with van der Waals surface area (Å²) < 4.78 is 0. The van der Waals surface area contributed by atoms with E-state index in [1.165, 1.54) is 18.2 Å². The van der Waals surface area contributed by atoms with Gasteiger partial charge >= 0.3 is 0 Å². The third kappa shape index (κ3) is 4.84. The zero-order valence-electron chi connectivity index (χ0n) is 10.9. The van der Waals surface area contributed by atoms with Gasteiger partial charge < -0.3 is 10.2 Å². The van der Waals surface area contributed by atoms with E-state index in [-0.39, 0.29) is 16.3 Å². The van der Waals surface area contributed by atoms with Crippen LogP contribution in [-0.2, 0) is 0 Å². The highest BCUT2D eigenvalue weighted by molar-refractivity contribution is 6.31. The van der Waals surface area contributed by atoms with Gasteiger partial charge in [0.15, 0.2) is 0 Å². The molecule has 1 N–H and O–H groups in total. The molecule has 0 spiro atoms. The van der Waals surface area contributed by atoms with Crippen molar-refractivity contribution in [3.63, 3.8) is 0 Å². The highest BCUT2D eigenvalue weighted by Crippen LogP contribution is 2.22. The maximum Gasteiger partial charge on any atom is 0.283 e. The summed E-state index contributed by atoms with van der Waals surface area (Å²) in [5, 5.41) is 13.7. The number of amides is 1. The monoisotopic (exact) mass is 285 g/mol. The van der Waals surface area contributed by atoms with Gasteiger partial charge in [0.2, 0.25) is 0 Å². The summed E-state index contributed by atoms with van der Waals surface area (Å²) in [5.74, 6) is -0.456. The molecule has 1 rings (SSSR count). The van der Waals surface area contributed by atoms with Crippen molar-refractivity contribution in [1.29, 1.82) is 0 Å². The zero-order chi connectivity index (χ0) is 14.4. The lowest BCUT2D eigenvalue weighted by Crippen LogP contribution is -2.27. The molecule has 0 fully saturated rings. The molecule has 1 aromatic carbocycles. The summed E-state index contributed by atoms with van der Waals surface area (Å²) in [6, 6.07) is 4.00. The number of nitrogens with one attached hydrogen (secondary N) is 1. The normalized spacial score (nSPS) is 10.5. The predicted molar refractivity (Wildman–Crippen MR) is 73.6 cm³/mol. The van der Waals surface area contributed by atoms with E-state index in [4.69, 9.17) is 11.6 Å². The van der Waals surface area contributed by atoms with E-state index in [0.717, 1.165) is 13.0 Å². The third-order valence-corrected chi connectivity index (χ3v) is 2.70. The maximum atomic E-state index is 11.9. The van der Waals surface area contributed by atoms with Crippen molar-refractivity contribution < 1.29 is 9.72 Å². The van der Waals surface area contributed by atoms with Gasteiger partial charge in [0.25, 0.3) is 11.6 Å². The van der Waals surface area contributed by atoms with Gasteiger partial charge in [-0.3, -0.25) is 14.9 Å². The van der Waals surface area contributed by atoms with Crippen LogP contribution in [0.4, 0.5) is 5.69 Å². The van der Waals surface area contributed by atoms with Gasteiger partial charge in [0.1, 0.15) is 5.56 Å². The molecule has 0 atom stereocenters. The second kappa shape index (κ2) is 7.06. The standard InChI is InChI=1S/C12H16ClN3O3/c1-15(2)7-3-6-14-12(17)10-5-4-9(13)8-11(10)16(18)19/h4-5,8H,3,6-7H2,1-2H3,(H,14,17). The summed E-state index contributed by atoms with van der Waals surface area (Å²) in [6.45, 7) is 1.31. The molecule has 0 bridgehead atoms. The Labute approximate surface area is 116 Å². The van der Waals surface area contributed by atoms with E-state index >= 15 is 0 Å². The topological polar surface area (TPSA) is 75.5 Å². The quantitative estimate of drug-likeness (QED) is 0.492. The number of nitro groups is 1. The summed E-state index contributed by atoms with van der Waals surface area (Å²) in [7, 11) is 3.87. The van der Waals surface area contributed by atoms with E-state index in [1.807, 2.05) is 19.0 Å². The first-order valence-electron chi connectivity index (χ1n) is 5.78. The van der Waals surface area contributed by atoms with Crippen LogP contribution in [0.3, 0.4) is 0 Å². The van der Waals surface area contributed by atoms with Gasteiger partial charge in [-0.15, -0.1) is 0 Å². The Morgan fingerprint density at radius 2 is 2.16 bits per heavy atom. The fraction of sp³-hybridized carbons (Fsp3) is 0.417. The Hall–Kier alpha value is -1.66. The van der Waals surface area contributed by atoms with E-state index in [0.29, 0.717) is 6.54 Å². The Balaban J connectivity index is 2.69. The first-order chi connectivity index (χ1) is 8.91. The number of nitrogens with zero attached hydrogens (tertiary/aromatic N) is 2. The number of nitro benzene ring substituents is 1. The van der Waals surface area contributed by atoms with Crippen molar-refractivity contribution in [1.82, 2.24) is 10.2 Å². The van der Waals surface area contributed by atoms with Crippen molar-refractivity contribution in [2.24, 2.45) is 0 Å². The molecule has 0 aliphatic carbocycles. The molecule has 19 heavy (non-hydrogen) atoms. The van der Waals surface area contributed by atoms with Gasteiger partial charge in [-0.25, -0.2) is 0 Å². The van der Waals surface area contributed by atoms with Crippen LogP contribution in [0.1, 0.15) is 16.8 Å². The van der Waals surface area contributed by atoms with Crippen LogP contribution in [0.5, 0.6) is 0 Å². The molecule has 1 aromatic rings. The highest BCUT2D eigenvalue weighted by Gasteiger charge is 2.19. The predicted octanol–water partition coefficient (Wildman–Crippen LogP) is 1.93. The van der Waals surface area contributed by atoms with Crippen LogP contribution < -0.4 is 5.32 Å². The molecule has 6 nitrogen and oxygen atoms in total. The lowest BCUT2D eigenvalue weighted by Gasteiger charge is -2.10. The molecular formula is C12H16ClN3O3. The largest absolute Gasteiger partial charge is 0.352 e. The smallest absolute Gasteiger partial charge is 0.283 e. The van der Waals surface area contributed by atoms with Crippen LogP contribution in [0.15, 0.2) is 18.2 Å². The Morgan fingerprint density at radius 1 is 1.47 bits per heavy atom. The van der Waals surface area contributed by atoms with Crippen molar-refractivity contribution in [2.45, 2.75) is 6.42 Å². The lowest BCUT2D eigenvalue weighted by molar-refractivity contribution is -0.385. The minimum absolute atomic E-state index is 0.0271. The first kappa shape index (κ1) is 15.4. The van der Waals surface area contributed by atoms with Crippen LogP contribution in [0.2, 0.25) is 5.02 Å². The molecule has 1 amide bonds. The van der Waals surface area contributed by atoms with Gasteiger partial charge in [0, 0.05) is 17.6 Å². The maximum absolute atomic E-state index is 11.9. The molecule has 0 heterocycles. The van der Waals surface area contributed by atoms with Crippen LogP contribution in [-0.4, -0.2) is 42.9 Å². The third-order valence-electron chi connectivity index (χ3n) is 2.47. The molecule has 0 aromatic heterocycles. The number of benzene rings is 1. The number of hydrogen-bond donors (Lipinski definition) is 1. The summed E-state index contributed by atoms with van der Waals surface area (Å²) in [5.41, 5.74) is -0.253. The second-order valence-electron chi connectivity index (χ2n) is 4.33. The molecule has 0 saturated heterocycles. The number of carbonyl (C=O) groups is 1. The minimum Gasteiger partial charge on any atom is -0.352 e. The molecule has 0 radical (unpaired) electrons. The molecule has 0 aliphatic rings. The van der Waals surface area contributed by atoms with Crippen molar-refractivity contribution in [2.75, 3.05) is 27.2 Å². The molecule has 7 heteroatoms. The summed E-state index contributed by atoms with van der Waals surface area (Å²) >= 11 is 5.69. The Bertz CT molecular complexity index is 477. The van der Waals surface area contributed by atoms with Crippen LogP contribution in [0.25, 0.3) is 0 Å². The number of carbonyl (C=O) groups excluding carboxylic acids is 1. The molecule has 0 aliphatic heterocycles. The van der Waals surface area contributed by atoms with Crippen LogP contribution in [0, 0.1) is 10.1 Å². The minimum atomic E-state index is -0.611. The number of halogens is 1. The summed E-state index contributed by atoms with van der Waals surface area (Å²) in [4.78, 5) is 24.1. The Morgan fingerprint density at radius 3 is 2.74 bits per heavy atom. The van der Waals surface area contributed by atoms with Gasteiger partial charge in [-0.2, -0.15) is 0 Å². The number of rotatable bonds is 6. The SMILES string of the molecule is CN(C)CCCNC(=O)c1ccc(Cl)cc1[N+](=O)[O-]. The van der Waals surface area contributed by atoms with Gasteiger partial charge in [-0.05, 0) is 39.2 Å².